The van der Waals surface area contributed by atoms with Crippen LogP contribution in [0, 0.1) is 47.3 Å². The average molecular weight is 413 g/mol. The van der Waals surface area contributed by atoms with Crippen molar-refractivity contribution in [1.29, 1.82) is 0 Å². The summed E-state index contributed by atoms with van der Waals surface area (Å²) in [5, 5.41) is 4.38. The Balaban J connectivity index is 1.37. The quantitative estimate of drug-likeness (QED) is 0.647. The highest BCUT2D eigenvalue weighted by molar-refractivity contribution is 5.82. The second-order valence-corrected chi connectivity index (χ2v) is 11.4. The van der Waals surface area contributed by atoms with E-state index in [0.29, 0.717) is 17.7 Å². The number of nitrogens with zero attached hydrogens (tertiary/aromatic N) is 2. The summed E-state index contributed by atoms with van der Waals surface area (Å²) in [6.45, 7) is 5.92. The van der Waals surface area contributed by atoms with Crippen molar-refractivity contribution in [2.45, 2.75) is 84.6 Å². The highest BCUT2D eigenvalue weighted by Crippen LogP contribution is 2.67. The molecule has 0 spiro atoms. The highest BCUT2D eigenvalue weighted by atomic mass is 16.5. The predicted octanol–water partition coefficient (Wildman–Crippen LogP) is 5.44. The first-order valence-electron chi connectivity index (χ1n) is 12.5. The fraction of sp³-hybridized carbons (Fsp3) is 0.846. The van der Waals surface area contributed by atoms with Gasteiger partial charge in [0.1, 0.15) is 0 Å². The third kappa shape index (κ3) is 3.12. The lowest BCUT2D eigenvalue weighted by Gasteiger charge is -2.61. The standard InChI is InChI=1S/C26H40N2O2/c1-18-14-27-28(15-18)16-24(29)23-10-9-21-20-8-7-19-6-4-5-12-26(19,17-30-3)22(20)11-13-25(21,23)2/h14-15,19-23H,4-13,16-17H2,1-3H3/t19-,20+,21+,22+,23-,25+,26-/m1/s1. The number of rotatable bonds is 5. The van der Waals surface area contributed by atoms with E-state index in [9.17, 15) is 4.79 Å². The second-order valence-electron chi connectivity index (χ2n) is 11.4. The van der Waals surface area contributed by atoms with Gasteiger partial charge < -0.3 is 4.74 Å². The first-order valence-corrected chi connectivity index (χ1v) is 12.5. The largest absolute Gasteiger partial charge is 0.384 e. The SMILES string of the molecule is COC[C@]12CCCC[C@@H]1CC[C@H]1[C@@H]3CC[C@H](C(=O)Cn4cc(C)cn4)[C@@]3(C)CC[C@@H]12. The first kappa shape index (κ1) is 20.7. The van der Waals surface area contributed by atoms with Crippen LogP contribution in [0.15, 0.2) is 12.4 Å². The molecule has 4 fully saturated rings. The topological polar surface area (TPSA) is 44.1 Å². The smallest absolute Gasteiger partial charge is 0.157 e. The fourth-order valence-electron chi connectivity index (χ4n) is 8.97. The molecule has 1 aromatic rings. The summed E-state index contributed by atoms with van der Waals surface area (Å²) in [5.41, 5.74) is 1.74. The number of Topliss-reactive ketones (excluding diaryl/α,β-unsaturated/α-hetero) is 1. The van der Waals surface area contributed by atoms with Crippen LogP contribution in [0.3, 0.4) is 0 Å². The summed E-state index contributed by atoms with van der Waals surface area (Å²) in [6, 6.07) is 0. The molecule has 0 bridgehead atoms. The van der Waals surface area contributed by atoms with E-state index in [1.165, 1.54) is 57.8 Å². The van der Waals surface area contributed by atoms with Crippen molar-refractivity contribution in [3.8, 4) is 0 Å². The molecule has 166 valence electrons. The third-order valence-electron chi connectivity index (χ3n) is 10.2. The van der Waals surface area contributed by atoms with Crippen molar-refractivity contribution < 1.29 is 9.53 Å². The van der Waals surface area contributed by atoms with Gasteiger partial charge in [-0.2, -0.15) is 5.10 Å². The van der Waals surface area contributed by atoms with E-state index in [1.54, 1.807) is 0 Å². The molecular weight excluding hydrogens is 372 g/mol. The summed E-state index contributed by atoms with van der Waals surface area (Å²) in [7, 11) is 1.91. The number of hydrogen-bond acceptors (Lipinski definition) is 3. The molecule has 0 unspecified atom stereocenters. The molecule has 4 nitrogen and oxygen atoms in total. The van der Waals surface area contributed by atoms with Gasteiger partial charge >= 0.3 is 0 Å². The van der Waals surface area contributed by atoms with Crippen LogP contribution in [0.5, 0.6) is 0 Å². The molecule has 1 heterocycles. The maximum Gasteiger partial charge on any atom is 0.157 e. The van der Waals surface area contributed by atoms with Gasteiger partial charge in [-0.3, -0.25) is 9.48 Å². The molecule has 4 aliphatic carbocycles. The Bertz CT molecular complexity index is 784. The van der Waals surface area contributed by atoms with Crippen LogP contribution in [0.1, 0.15) is 76.7 Å². The maximum absolute atomic E-state index is 13.4. The van der Waals surface area contributed by atoms with E-state index in [1.807, 2.05) is 31.1 Å². The van der Waals surface area contributed by atoms with E-state index in [-0.39, 0.29) is 11.3 Å². The van der Waals surface area contributed by atoms with Gasteiger partial charge in [0.2, 0.25) is 0 Å². The number of methoxy groups -OCH3 is 1. The van der Waals surface area contributed by atoms with Gasteiger partial charge in [0, 0.05) is 19.2 Å². The van der Waals surface area contributed by atoms with Crippen LogP contribution in [0.2, 0.25) is 0 Å². The molecule has 0 N–H and O–H groups in total. The number of aromatic nitrogens is 2. The van der Waals surface area contributed by atoms with Crippen LogP contribution >= 0.6 is 0 Å². The number of hydrogen-bond donors (Lipinski definition) is 0. The van der Waals surface area contributed by atoms with Crippen molar-refractivity contribution in [3.63, 3.8) is 0 Å². The molecule has 4 aliphatic rings. The maximum atomic E-state index is 13.4. The van der Waals surface area contributed by atoms with Crippen molar-refractivity contribution in [2.24, 2.45) is 40.4 Å². The first-order chi connectivity index (χ1) is 14.5. The zero-order valence-corrected chi connectivity index (χ0v) is 19.2. The molecule has 0 aliphatic heterocycles. The molecule has 0 radical (unpaired) electrons. The molecule has 0 saturated heterocycles. The average Bonchev–Trinajstić information content (AvgIpc) is 3.30. The summed E-state index contributed by atoms with van der Waals surface area (Å²) in [4.78, 5) is 13.4. The van der Waals surface area contributed by atoms with Gasteiger partial charge in [-0.05, 0) is 98.4 Å². The summed E-state index contributed by atoms with van der Waals surface area (Å²) in [6.07, 6.45) is 17.1. The Labute approximate surface area is 182 Å². The van der Waals surface area contributed by atoms with Gasteiger partial charge in [-0.1, -0.05) is 19.8 Å². The Morgan fingerprint density at radius 1 is 1.13 bits per heavy atom. The Kier molecular flexibility index (Phi) is 5.36. The van der Waals surface area contributed by atoms with E-state index < -0.39 is 0 Å². The lowest BCUT2D eigenvalue weighted by Crippen LogP contribution is -2.56. The lowest BCUT2D eigenvalue weighted by molar-refractivity contribution is -0.150. The van der Waals surface area contributed by atoms with Gasteiger partial charge in [0.05, 0.1) is 19.3 Å². The van der Waals surface area contributed by atoms with Crippen LogP contribution in [-0.2, 0) is 16.1 Å². The molecular formula is C26H40N2O2. The van der Waals surface area contributed by atoms with Gasteiger partial charge in [0.15, 0.2) is 5.78 Å². The second kappa shape index (κ2) is 7.76. The summed E-state index contributed by atoms with van der Waals surface area (Å²) in [5.74, 6) is 3.85. The van der Waals surface area contributed by atoms with Gasteiger partial charge in [-0.15, -0.1) is 0 Å². The van der Waals surface area contributed by atoms with Crippen LogP contribution in [0.25, 0.3) is 0 Å². The number of ether oxygens (including phenoxy) is 1. The number of aryl methyl sites for hydroxylation is 1. The van der Waals surface area contributed by atoms with Crippen LogP contribution in [-0.4, -0.2) is 29.3 Å². The van der Waals surface area contributed by atoms with Crippen molar-refractivity contribution in [3.05, 3.63) is 18.0 Å². The lowest BCUT2D eigenvalue weighted by atomic mass is 9.44. The van der Waals surface area contributed by atoms with Crippen molar-refractivity contribution in [2.75, 3.05) is 13.7 Å². The van der Waals surface area contributed by atoms with Crippen LogP contribution in [0.4, 0.5) is 0 Å². The molecule has 1 aromatic heterocycles. The molecule has 5 rings (SSSR count). The van der Waals surface area contributed by atoms with Gasteiger partial charge in [0.25, 0.3) is 0 Å². The highest BCUT2D eigenvalue weighted by Gasteiger charge is 2.61. The molecule has 4 heteroatoms. The van der Waals surface area contributed by atoms with E-state index >= 15 is 0 Å². The Morgan fingerprint density at radius 2 is 2.00 bits per heavy atom. The van der Waals surface area contributed by atoms with E-state index in [0.717, 1.165) is 42.3 Å². The van der Waals surface area contributed by atoms with E-state index in [4.69, 9.17) is 4.74 Å². The fourth-order valence-corrected chi connectivity index (χ4v) is 8.97. The number of carbonyl (C=O) groups is 1. The number of ketones is 1. The van der Waals surface area contributed by atoms with E-state index in [2.05, 4.69) is 12.0 Å². The van der Waals surface area contributed by atoms with Crippen molar-refractivity contribution in [1.82, 2.24) is 9.78 Å². The zero-order chi connectivity index (χ0) is 20.9. The minimum atomic E-state index is 0.191. The third-order valence-corrected chi connectivity index (χ3v) is 10.2. The molecule has 0 aromatic carbocycles. The minimum absolute atomic E-state index is 0.191. The number of carbonyl (C=O) groups excluding carboxylic acids is 1. The Morgan fingerprint density at radius 3 is 2.77 bits per heavy atom. The monoisotopic (exact) mass is 412 g/mol. The summed E-state index contributed by atoms with van der Waals surface area (Å²) < 4.78 is 7.74. The predicted molar refractivity (Wildman–Crippen MR) is 118 cm³/mol. The Hall–Kier alpha value is -1.16. The minimum Gasteiger partial charge on any atom is -0.384 e. The molecule has 30 heavy (non-hydrogen) atoms. The summed E-state index contributed by atoms with van der Waals surface area (Å²) >= 11 is 0. The van der Waals surface area contributed by atoms with Crippen LogP contribution < -0.4 is 0 Å². The van der Waals surface area contributed by atoms with Crippen molar-refractivity contribution >= 4 is 5.78 Å². The molecule has 4 saturated carbocycles. The van der Waals surface area contributed by atoms with Gasteiger partial charge in [-0.25, -0.2) is 0 Å². The number of fused-ring (bicyclic) bond motifs is 5. The molecule has 0 amide bonds. The normalized spacial score (nSPS) is 43.0. The molecule has 7 atom stereocenters. The zero-order valence-electron chi connectivity index (χ0n) is 19.2.